The molecule has 166 valence electrons. The van der Waals surface area contributed by atoms with Crippen molar-refractivity contribution < 1.29 is 19.2 Å². The van der Waals surface area contributed by atoms with E-state index in [9.17, 15) is 9.59 Å². The Balaban J connectivity index is 1.31. The van der Waals surface area contributed by atoms with E-state index in [0.717, 1.165) is 49.5 Å². The second-order valence-electron chi connectivity index (χ2n) is 8.53. The summed E-state index contributed by atoms with van der Waals surface area (Å²) in [6.07, 6.45) is 4.11. The van der Waals surface area contributed by atoms with Crippen LogP contribution in [-0.4, -0.2) is 66.1 Å². The fraction of sp³-hybridized carbons (Fsp3) is 0.545. The van der Waals surface area contributed by atoms with Crippen LogP contribution >= 0.6 is 0 Å². The third-order valence-electron chi connectivity index (χ3n) is 6.52. The van der Waals surface area contributed by atoms with Gasteiger partial charge in [0.2, 0.25) is 11.8 Å². The minimum absolute atomic E-state index is 0.0583. The molecule has 0 spiro atoms. The average molecular weight is 428 g/mol. The van der Waals surface area contributed by atoms with Gasteiger partial charge in [-0.3, -0.25) is 9.59 Å². The number of amides is 2. The Morgan fingerprint density at radius 1 is 1.23 bits per heavy atom. The van der Waals surface area contributed by atoms with E-state index in [0.29, 0.717) is 25.0 Å². The second-order valence-corrected chi connectivity index (χ2v) is 8.53. The Labute approximate surface area is 182 Å². The number of nitrogens with one attached hydrogen (secondary N) is 3. The number of ether oxygens (including phenoxy) is 1. The summed E-state index contributed by atoms with van der Waals surface area (Å²) in [5, 5.41) is 14.4. The highest BCUT2D eigenvalue weighted by Gasteiger charge is 2.46. The van der Waals surface area contributed by atoms with Gasteiger partial charge in [-0.1, -0.05) is 5.21 Å². The van der Waals surface area contributed by atoms with Crippen LogP contribution in [0.4, 0.5) is 0 Å². The van der Waals surface area contributed by atoms with Gasteiger partial charge in [0, 0.05) is 38.4 Å². The van der Waals surface area contributed by atoms with Gasteiger partial charge < -0.3 is 20.3 Å². The van der Waals surface area contributed by atoms with Gasteiger partial charge in [0.25, 0.3) is 0 Å². The molecule has 3 aliphatic rings. The molecule has 3 N–H and O–H groups in total. The maximum atomic E-state index is 12.6. The molecule has 5 rings (SSSR count). The number of hydrogen-bond donors (Lipinski definition) is 3. The van der Waals surface area contributed by atoms with E-state index in [4.69, 9.17) is 4.74 Å². The number of fused-ring (bicyclic) bond motifs is 3. The Morgan fingerprint density at radius 2 is 2.00 bits per heavy atom. The molecule has 2 bridgehead atoms. The lowest BCUT2D eigenvalue weighted by molar-refractivity contribution is -0.945. The highest BCUT2D eigenvalue weighted by Crippen LogP contribution is 2.28. The molecule has 0 saturated carbocycles. The third-order valence-corrected chi connectivity index (χ3v) is 6.52. The molecule has 2 aromatic rings. The maximum Gasteiger partial charge on any atom is 0.229 e. The summed E-state index contributed by atoms with van der Waals surface area (Å²) in [5.74, 6) is 1.33. The summed E-state index contributed by atoms with van der Waals surface area (Å²) in [4.78, 5) is 25.1. The van der Waals surface area contributed by atoms with Crippen molar-refractivity contribution >= 4 is 11.8 Å². The number of quaternary nitrogens is 1. The van der Waals surface area contributed by atoms with Gasteiger partial charge in [0.1, 0.15) is 17.5 Å². The molecular weight excluding hydrogens is 396 g/mol. The van der Waals surface area contributed by atoms with E-state index in [2.05, 4.69) is 20.9 Å². The number of piperidine rings is 3. The van der Waals surface area contributed by atoms with Crippen LogP contribution < -0.4 is 20.3 Å². The summed E-state index contributed by atoms with van der Waals surface area (Å²) in [7, 11) is 1.65. The zero-order chi connectivity index (χ0) is 21.8. The molecule has 9 nitrogen and oxygen atoms in total. The fourth-order valence-corrected chi connectivity index (χ4v) is 4.88. The summed E-state index contributed by atoms with van der Waals surface area (Å²) in [5.41, 5.74) is 1.87. The summed E-state index contributed by atoms with van der Waals surface area (Å²) < 4.78 is 7.14. The van der Waals surface area contributed by atoms with E-state index in [1.165, 1.54) is 11.8 Å². The number of methoxy groups -OCH3 is 1. The molecule has 3 aliphatic heterocycles. The van der Waals surface area contributed by atoms with Crippen LogP contribution in [0.3, 0.4) is 0 Å². The molecule has 1 aromatic heterocycles. The highest BCUT2D eigenvalue weighted by atomic mass is 16.5. The van der Waals surface area contributed by atoms with Crippen molar-refractivity contribution in [2.24, 2.45) is 11.8 Å². The fourth-order valence-electron chi connectivity index (χ4n) is 4.88. The Kier molecular flexibility index (Phi) is 6.50. The predicted molar refractivity (Wildman–Crippen MR) is 114 cm³/mol. The van der Waals surface area contributed by atoms with Gasteiger partial charge in [-0.05, 0) is 30.2 Å². The van der Waals surface area contributed by atoms with Gasteiger partial charge in [-0.25, -0.2) is 4.68 Å². The van der Waals surface area contributed by atoms with Gasteiger partial charge >= 0.3 is 0 Å². The van der Waals surface area contributed by atoms with E-state index < -0.39 is 0 Å². The van der Waals surface area contributed by atoms with Crippen molar-refractivity contribution in [2.75, 3.05) is 33.3 Å². The van der Waals surface area contributed by atoms with Gasteiger partial charge in [-0.15, -0.1) is 5.10 Å². The first-order valence-electron chi connectivity index (χ1n) is 10.9. The van der Waals surface area contributed by atoms with Crippen LogP contribution in [0.5, 0.6) is 5.75 Å². The predicted octanol–water partition coefficient (Wildman–Crippen LogP) is -0.501. The van der Waals surface area contributed by atoms with Crippen LogP contribution in [-0.2, 0) is 16.1 Å². The first-order chi connectivity index (χ1) is 15.0. The molecule has 0 aliphatic carbocycles. The van der Waals surface area contributed by atoms with Crippen molar-refractivity contribution in [3.63, 3.8) is 0 Å². The normalized spacial score (nSPS) is 24.6. The van der Waals surface area contributed by atoms with Crippen molar-refractivity contribution in [1.29, 1.82) is 0 Å². The van der Waals surface area contributed by atoms with Crippen LogP contribution in [0.1, 0.15) is 19.8 Å². The topological polar surface area (TPSA) is 103 Å². The van der Waals surface area contributed by atoms with Crippen molar-refractivity contribution in [3.05, 3.63) is 30.5 Å². The molecule has 4 atom stereocenters. The van der Waals surface area contributed by atoms with E-state index >= 15 is 0 Å². The minimum Gasteiger partial charge on any atom is -0.497 e. The SMILES string of the molecule is COc1ccc(-c2cn(C[C@H]3C[C@H]4CC[NH+]3C[C@@H]4C(=O)NCCNC(C)=O)nn2)cc1. The monoisotopic (exact) mass is 427 g/mol. The van der Waals surface area contributed by atoms with Gasteiger partial charge in [0.15, 0.2) is 0 Å². The number of aromatic nitrogens is 3. The first kappa shape index (κ1) is 21.3. The largest absolute Gasteiger partial charge is 0.497 e. The van der Waals surface area contributed by atoms with Crippen molar-refractivity contribution in [2.45, 2.75) is 32.4 Å². The molecule has 2 amide bonds. The number of carbonyl (C=O) groups is 2. The molecule has 9 heteroatoms. The molecule has 31 heavy (non-hydrogen) atoms. The number of carbonyl (C=O) groups excluding carboxylic acids is 2. The Bertz CT molecular complexity index is 912. The molecule has 3 saturated heterocycles. The van der Waals surface area contributed by atoms with Gasteiger partial charge in [-0.2, -0.15) is 0 Å². The molecule has 4 heterocycles. The van der Waals surface area contributed by atoms with E-state index in [1.54, 1.807) is 7.11 Å². The maximum absolute atomic E-state index is 12.6. The lowest BCUT2D eigenvalue weighted by atomic mass is 9.75. The number of rotatable bonds is 8. The Hall–Kier alpha value is -2.94. The molecule has 1 unspecified atom stereocenters. The van der Waals surface area contributed by atoms with Gasteiger partial charge in [0.05, 0.1) is 38.9 Å². The summed E-state index contributed by atoms with van der Waals surface area (Å²) >= 11 is 0. The molecule has 1 aromatic carbocycles. The molecule has 3 fully saturated rings. The molecule has 0 radical (unpaired) electrons. The Morgan fingerprint density at radius 3 is 2.68 bits per heavy atom. The van der Waals surface area contributed by atoms with Crippen LogP contribution in [0.2, 0.25) is 0 Å². The number of benzene rings is 1. The first-order valence-corrected chi connectivity index (χ1v) is 10.9. The number of nitrogens with zero attached hydrogens (tertiary/aromatic N) is 3. The van der Waals surface area contributed by atoms with E-state index in [-0.39, 0.29) is 17.7 Å². The lowest BCUT2D eigenvalue weighted by Crippen LogP contribution is -3.20. The third kappa shape index (κ3) is 5.04. The smallest absolute Gasteiger partial charge is 0.229 e. The lowest BCUT2D eigenvalue weighted by Gasteiger charge is -2.46. The van der Waals surface area contributed by atoms with Crippen molar-refractivity contribution in [3.8, 4) is 17.0 Å². The summed E-state index contributed by atoms with van der Waals surface area (Å²) in [6, 6.07) is 8.27. The van der Waals surface area contributed by atoms with Crippen molar-refractivity contribution in [1.82, 2.24) is 25.6 Å². The highest BCUT2D eigenvalue weighted by molar-refractivity contribution is 5.79. The molecular formula is C22H31N6O3+. The minimum atomic E-state index is -0.0763. The zero-order valence-corrected chi connectivity index (χ0v) is 18.1. The van der Waals surface area contributed by atoms with Crippen LogP contribution in [0.15, 0.2) is 30.5 Å². The zero-order valence-electron chi connectivity index (χ0n) is 18.1. The average Bonchev–Trinajstić information content (AvgIpc) is 3.25. The quantitative estimate of drug-likeness (QED) is 0.493. The van der Waals surface area contributed by atoms with Crippen LogP contribution in [0, 0.1) is 11.8 Å². The standard InChI is InChI=1S/C22H30N6O3/c1-15(29)23-8-9-24-22(30)20-13-27-10-7-17(20)11-18(27)12-28-14-21(25-26-28)16-3-5-19(31-2)6-4-16/h3-6,14,17-18,20H,7-13H2,1-2H3,(H,23,29)(H,24,30)/p+1/t17-,18-,20+/m1/s1. The van der Waals surface area contributed by atoms with E-state index in [1.807, 2.05) is 35.1 Å². The summed E-state index contributed by atoms with van der Waals surface area (Å²) in [6.45, 7) is 5.21. The van der Waals surface area contributed by atoms with Crippen LogP contribution in [0.25, 0.3) is 11.3 Å². The number of hydrogen-bond acceptors (Lipinski definition) is 5. The second kappa shape index (κ2) is 9.47.